The minimum atomic E-state index is 0.346. The van der Waals surface area contributed by atoms with Gasteiger partial charge in [-0.15, -0.1) is 0 Å². The monoisotopic (exact) mass is 466 g/mol. The smallest absolute Gasteiger partial charge is 0.119 e. The quantitative estimate of drug-likeness (QED) is 0.318. The minimum absolute atomic E-state index is 0.346. The fraction of sp³-hybridized carbons (Fsp3) is 0.226. The van der Waals surface area contributed by atoms with Crippen LogP contribution in [0.5, 0.6) is 5.75 Å². The molecule has 1 N–H and O–H groups in total. The molecule has 0 radical (unpaired) electrons. The van der Waals surface area contributed by atoms with E-state index in [1.165, 1.54) is 16.7 Å². The number of hydrogen-bond acceptors (Lipinski definition) is 4. The number of aromatic hydroxyl groups is 1. The fourth-order valence-corrected chi connectivity index (χ4v) is 3.96. The standard InChI is InChI=1S/C25H20O.C6H10O3/c26-25-13-7-12-23(22-10-5-2-6-11-22)24(25)18-19-14-16-21(17-15-19)20-8-3-1-4-9-20;1(5-3-8-5)7-2-6-4-9-6/h1-17,26H,18H2;5-6H,1-4H2. The molecule has 2 aliphatic heterocycles. The molecule has 4 heteroatoms. The largest absolute Gasteiger partial charge is 0.508 e. The third kappa shape index (κ3) is 6.80. The summed E-state index contributed by atoms with van der Waals surface area (Å²) < 4.78 is 15.1. The Balaban J connectivity index is 0.000000234. The van der Waals surface area contributed by atoms with Gasteiger partial charge < -0.3 is 19.3 Å². The van der Waals surface area contributed by atoms with Crippen molar-refractivity contribution in [3.63, 3.8) is 0 Å². The second kappa shape index (κ2) is 11.3. The lowest BCUT2D eigenvalue weighted by atomic mass is 9.93. The van der Waals surface area contributed by atoms with Gasteiger partial charge in [-0.1, -0.05) is 97.1 Å². The highest BCUT2D eigenvalue weighted by atomic mass is 16.6. The van der Waals surface area contributed by atoms with E-state index in [0.717, 1.165) is 43.1 Å². The maximum atomic E-state index is 10.4. The van der Waals surface area contributed by atoms with E-state index in [1.54, 1.807) is 6.07 Å². The van der Waals surface area contributed by atoms with Crippen LogP contribution in [0.1, 0.15) is 11.1 Å². The first-order chi connectivity index (χ1) is 17.3. The molecule has 2 aliphatic rings. The molecule has 178 valence electrons. The lowest BCUT2D eigenvalue weighted by Gasteiger charge is -2.12. The normalized spacial score (nSPS) is 17.8. The summed E-state index contributed by atoms with van der Waals surface area (Å²) in [6.45, 7) is 3.26. The highest BCUT2D eigenvalue weighted by Gasteiger charge is 2.26. The molecular weight excluding hydrogens is 436 g/mol. The molecule has 0 aliphatic carbocycles. The molecule has 0 saturated carbocycles. The highest BCUT2D eigenvalue weighted by Crippen LogP contribution is 2.32. The Labute approximate surface area is 206 Å². The Kier molecular flexibility index (Phi) is 7.54. The van der Waals surface area contributed by atoms with Crippen molar-refractivity contribution >= 4 is 0 Å². The van der Waals surface area contributed by atoms with Gasteiger partial charge in [0.05, 0.1) is 26.4 Å². The SMILES string of the molecule is C(OCC1CO1)C1CO1.Oc1cccc(-c2ccccc2)c1Cc1ccc(-c2ccccc2)cc1. The third-order valence-corrected chi connectivity index (χ3v) is 6.09. The lowest BCUT2D eigenvalue weighted by Crippen LogP contribution is -2.06. The van der Waals surface area contributed by atoms with Crippen molar-refractivity contribution < 1.29 is 19.3 Å². The van der Waals surface area contributed by atoms with Crippen LogP contribution in [0.3, 0.4) is 0 Å². The van der Waals surface area contributed by atoms with Crippen molar-refractivity contribution in [1.82, 2.24) is 0 Å². The van der Waals surface area contributed by atoms with Crippen LogP contribution in [0.15, 0.2) is 103 Å². The maximum absolute atomic E-state index is 10.4. The summed E-state index contributed by atoms with van der Waals surface area (Å²) in [5, 5.41) is 10.4. The molecule has 2 unspecified atom stereocenters. The van der Waals surface area contributed by atoms with Crippen LogP contribution in [0.2, 0.25) is 0 Å². The first-order valence-corrected chi connectivity index (χ1v) is 12.1. The maximum Gasteiger partial charge on any atom is 0.119 e. The Morgan fingerprint density at radius 1 is 0.629 bits per heavy atom. The van der Waals surface area contributed by atoms with Gasteiger partial charge in [-0.05, 0) is 33.9 Å². The summed E-state index contributed by atoms with van der Waals surface area (Å²) in [6, 6.07) is 34.9. The first-order valence-electron chi connectivity index (χ1n) is 12.1. The number of ether oxygens (including phenoxy) is 3. The zero-order valence-electron chi connectivity index (χ0n) is 19.7. The summed E-state index contributed by atoms with van der Waals surface area (Å²) in [5.74, 6) is 0.346. The zero-order valence-corrected chi connectivity index (χ0v) is 19.7. The number of phenols is 1. The van der Waals surface area contributed by atoms with Gasteiger partial charge in [0.25, 0.3) is 0 Å². The van der Waals surface area contributed by atoms with Crippen molar-refractivity contribution in [3.8, 4) is 28.0 Å². The van der Waals surface area contributed by atoms with E-state index in [1.807, 2.05) is 30.3 Å². The van der Waals surface area contributed by atoms with Crippen molar-refractivity contribution in [2.45, 2.75) is 18.6 Å². The number of phenolic OH excluding ortho intramolecular Hbond substituents is 1. The molecule has 2 heterocycles. The van der Waals surface area contributed by atoms with Crippen molar-refractivity contribution in [2.75, 3.05) is 26.4 Å². The fourth-order valence-electron chi connectivity index (χ4n) is 3.96. The summed E-state index contributed by atoms with van der Waals surface area (Å²) in [4.78, 5) is 0. The number of benzene rings is 4. The number of hydrogen-bond donors (Lipinski definition) is 1. The Bertz CT molecular complexity index is 1190. The van der Waals surface area contributed by atoms with Gasteiger partial charge in [0.1, 0.15) is 18.0 Å². The van der Waals surface area contributed by atoms with Crippen LogP contribution in [-0.4, -0.2) is 43.7 Å². The van der Waals surface area contributed by atoms with E-state index in [0.29, 0.717) is 24.4 Å². The zero-order chi connectivity index (χ0) is 23.9. The lowest BCUT2D eigenvalue weighted by molar-refractivity contribution is 0.102. The van der Waals surface area contributed by atoms with Crippen LogP contribution in [0, 0.1) is 0 Å². The van der Waals surface area contributed by atoms with Gasteiger partial charge >= 0.3 is 0 Å². The molecule has 0 spiro atoms. The van der Waals surface area contributed by atoms with E-state index in [9.17, 15) is 5.11 Å². The third-order valence-electron chi connectivity index (χ3n) is 6.09. The molecule has 6 rings (SSSR count). The average molecular weight is 467 g/mol. The molecule has 4 nitrogen and oxygen atoms in total. The van der Waals surface area contributed by atoms with Crippen LogP contribution < -0.4 is 0 Å². The van der Waals surface area contributed by atoms with E-state index < -0.39 is 0 Å². The van der Waals surface area contributed by atoms with Crippen molar-refractivity contribution in [3.05, 3.63) is 114 Å². The van der Waals surface area contributed by atoms with Gasteiger partial charge in [-0.2, -0.15) is 0 Å². The molecule has 0 aromatic heterocycles. The van der Waals surface area contributed by atoms with Crippen LogP contribution in [0.4, 0.5) is 0 Å². The Hall–Kier alpha value is -3.44. The number of epoxide rings is 2. The molecule has 0 amide bonds. The predicted octanol–water partition coefficient (Wildman–Crippen LogP) is 6.12. The minimum Gasteiger partial charge on any atom is -0.508 e. The summed E-state index contributed by atoms with van der Waals surface area (Å²) in [7, 11) is 0. The predicted molar refractivity (Wildman–Crippen MR) is 139 cm³/mol. The highest BCUT2D eigenvalue weighted by molar-refractivity contribution is 5.71. The Morgan fingerprint density at radius 3 is 1.74 bits per heavy atom. The second-order valence-electron chi connectivity index (χ2n) is 8.86. The second-order valence-corrected chi connectivity index (χ2v) is 8.86. The van der Waals surface area contributed by atoms with Crippen molar-refractivity contribution in [1.29, 1.82) is 0 Å². The average Bonchev–Trinajstić information content (AvgIpc) is 3.84. The summed E-state index contributed by atoms with van der Waals surface area (Å²) in [5.41, 5.74) is 6.77. The first kappa shape index (κ1) is 23.3. The van der Waals surface area contributed by atoms with Gasteiger partial charge in [0.15, 0.2) is 0 Å². The molecule has 2 atom stereocenters. The summed E-state index contributed by atoms with van der Waals surface area (Å²) >= 11 is 0. The van der Waals surface area contributed by atoms with Crippen molar-refractivity contribution in [2.24, 2.45) is 0 Å². The van der Waals surface area contributed by atoms with Gasteiger partial charge in [-0.3, -0.25) is 0 Å². The molecule has 2 fully saturated rings. The van der Waals surface area contributed by atoms with Gasteiger partial charge in [-0.25, -0.2) is 0 Å². The van der Waals surface area contributed by atoms with E-state index in [4.69, 9.17) is 14.2 Å². The Morgan fingerprint density at radius 2 is 1.17 bits per heavy atom. The van der Waals surface area contributed by atoms with E-state index in [-0.39, 0.29) is 0 Å². The number of rotatable bonds is 8. The van der Waals surface area contributed by atoms with Gasteiger partial charge in [0, 0.05) is 12.0 Å². The van der Waals surface area contributed by atoms with Gasteiger partial charge in [0.2, 0.25) is 0 Å². The topological polar surface area (TPSA) is 54.5 Å². The molecule has 2 saturated heterocycles. The van der Waals surface area contributed by atoms with Crippen LogP contribution in [-0.2, 0) is 20.6 Å². The van der Waals surface area contributed by atoms with Crippen LogP contribution >= 0.6 is 0 Å². The molecule has 0 bridgehead atoms. The molecular formula is C31H30O4. The molecule has 4 aromatic rings. The molecule has 4 aromatic carbocycles. The molecule has 35 heavy (non-hydrogen) atoms. The van der Waals surface area contributed by atoms with Crippen LogP contribution in [0.25, 0.3) is 22.3 Å². The van der Waals surface area contributed by atoms with E-state index >= 15 is 0 Å². The summed E-state index contributed by atoms with van der Waals surface area (Å²) in [6.07, 6.45) is 1.49. The van der Waals surface area contributed by atoms with E-state index in [2.05, 4.69) is 66.7 Å².